The van der Waals surface area contributed by atoms with Crippen LogP contribution in [-0.2, 0) is 6.54 Å². The van der Waals surface area contributed by atoms with E-state index in [9.17, 15) is 4.79 Å². The average molecular weight is 338 g/mol. The highest BCUT2D eigenvalue weighted by Gasteiger charge is 2.10. The summed E-state index contributed by atoms with van der Waals surface area (Å²) >= 11 is 0. The molecule has 3 rings (SSSR count). The van der Waals surface area contributed by atoms with Crippen LogP contribution >= 0.6 is 0 Å². The fourth-order valence-corrected chi connectivity index (χ4v) is 2.40. The van der Waals surface area contributed by atoms with Gasteiger partial charge in [0, 0.05) is 25.3 Å². The van der Waals surface area contributed by atoms with Crippen molar-refractivity contribution in [2.24, 2.45) is 0 Å². The van der Waals surface area contributed by atoms with Gasteiger partial charge in [-0.1, -0.05) is 0 Å². The van der Waals surface area contributed by atoms with Gasteiger partial charge in [0.05, 0.1) is 18.4 Å². The quantitative estimate of drug-likeness (QED) is 0.628. The number of nitrogens with zero attached hydrogens (tertiary/aromatic N) is 5. The normalized spacial score (nSPS) is 10.6. The van der Waals surface area contributed by atoms with Gasteiger partial charge < -0.3 is 21.7 Å². The molecule has 128 valence electrons. The van der Waals surface area contributed by atoms with Gasteiger partial charge in [-0.3, -0.25) is 4.79 Å². The summed E-state index contributed by atoms with van der Waals surface area (Å²) in [6, 6.07) is 7.28. The molecule has 0 spiro atoms. The van der Waals surface area contributed by atoms with E-state index >= 15 is 0 Å². The van der Waals surface area contributed by atoms with Crippen molar-refractivity contribution in [1.29, 1.82) is 0 Å². The Hall–Kier alpha value is -3.49. The van der Waals surface area contributed by atoms with E-state index in [1.807, 2.05) is 24.1 Å². The van der Waals surface area contributed by atoms with Crippen LogP contribution in [0.4, 0.5) is 17.5 Å². The van der Waals surface area contributed by atoms with Crippen LogP contribution in [-0.4, -0.2) is 39.9 Å². The van der Waals surface area contributed by atoms with Crippen LogP contribution in [0.15, 0.2) is 30.5 Å². The lowest BCUT2D eigenvalue weighted by molar-refractivity contribution is 0.0963. The molecule has 0 unspecified atom stereocenters. The Kier molecular flexibility index (Phi) is 4.29. The number of amides is 1. The van der Waals surface area contributed by atoms with Gasteiger partial charge in [0.25, 0.3) is 5.91 Å². The predicted octanol–water partition coefficient (Wildman–Crippen LogP) is 0.580. The van der Waals surface area contributed by atoms with Gasteiger partial charge in [-0.05, 0) is 24.3 Å². The summed E-state index contributed by atoms with van der Waals surface area (Å²) in [5, 5.41) is 2.59. The van der Waals surface area contributed by atoms with Crippen molar-refractivity contribution in [3.8, 4) is 0 Å². The van der Waals surface area contributed by atoms with Crippen molar-refractivity contribution >= 4 is 34.5 Å². The number of rotatable bonds is 4. The van der Waals surface area contributed by atoms with Crippen molar-refractivity contribution in [2.45, 2.75) is 6.54 Å². The Morgan fingerprint density at radius 3 is 2.56 bits per heavy atom. The lowest BCUT2D eigenvalue weighted by atomic mass is 10.2. The predicted molar refractivity (Wildman–Crippen MR) is 95.9 cm³/mol. The molecule has 9 heteroatoms. The zero-order chi connectivity index (χ0) is 18.0. The molecule has 0 saturated heterocycles. The molecule has 1 aromatic carbocycles. The standard InChI is InChI=1S/C16H18N8O/c1-19-15(25)9-3-5-11(6-4-9)24(2)8-10-7-20-14-12(21-10)13(17)22-16(18)23-14/h3-7H,8H2,1-2H3,(H,19,25)(H4,17,18,20,22,23). The highest BCUT2D eigenvalue weighted by molar-refractivity contribution is 5.94. The molecule has 0 bridgehead atoms. The number of nitrogen functional groups attached to an aromatic ring is 2. The maximum atomic E-state index is 11.6. The highest BCUT2D eigenvalue weighted by atomic mass is 16.1. The van der Waals surface area contributed by atoms with Crippen LogP contribution in [0.2, 0.25) is 0 Å². The van der Waals surface area contributed by atoms with Gasteiger partial charge in [0.1, 0.15) is 0 Å². The first-order valence-corrected chi connectivity index (χ1v) is 7.56. The van der Waals surface area contributed by atoms with Gasteiger partial charge in [0.2, 0.25) is 5.95 Å². The van der Waals surface area contributed by atoms with Gasteiger partial charge in [-0.15, -0.1) is 0 Å². The number of carbonyl (C=O) groups is 1. The van der Waals surface area contributed by atoms with E-state index in [1.54, 1.807) is 25.4 Å². The number of aromatic nitrogens is 4. The van der Waals surface area contributed by atoms with Gasteiger partial charge >= 0.3 is 0 Å². The molecule has 25 heavy (non-hydrogen) atoms. The molecule has 2 aromatic heterocycles. The Bertz CT molecular complexity index is 925. The number of fused-ring (bicyclic) bond motifs is 1. The minimum absolute atomic E-state index is 0.0698. The number of nitrogens with one attached hydrogen (secondary N) is 1. The SMILES string of the molecule is CNC(=O)c1ccc(N(C)Cc2cnc3nc(N)nc(N)c3n2)cc1. The Balaban J connectivity index is 1.81. The van der Waals surface area contributed by atoms with E-state index in [0.29, 0.717) is 29.0 Å². The first kappa shape index (κ1) is 16.4. The third-order valence-electron chi connectivity index (χ3n) is 3.70. The average Bonchev–Trinajstić information content (AvgIpc) is 2.61. The topological polar surface area (TPSA) is 136 Å². The largest absolute Gasteiger partial charge is 0.382 e. The Morgan fingerprint density at radius 2 is 1.88 bits per heavy atom. The second-order valence-corrected chi connectivity index (χ2v) is 5.48. The molecule has 1 amide bonds. The Labute approximate surface area is 144 Å². The molecule has 0 fully saturated rings. The smallest absolute Gasteiger partial charge is 0.251 e. The number of benzene rings is 1. The molecular formula is C16H18N8O. The van der Waals surface area contributed by atoms with Gasteiger partial charge in [0.15, 0.2) is 17.0 Å². The maximum Gasteiger partial charge on any atom is 0.251 e. The van der Waals surface area contributed by atoms with Crippen LogP contribution in [0.3, 0.4) is 0 Å². The van der Waals surface area contributed by atoms with E-state index in [1.165, 1.54) is 0 Å². The van der Waals surface area contributed by atoms with Crippen molar-refractivity contribution < 1.29 is 4.79 Å². The van der Waals surface area contributed by atoms with E-state index in [-0.39, 0.29) is 17.7 Å². The van der Waals surface area contributed by atoms with Crippen LogP contribution < -0.4 is 21.7 Å². The third-order valence-corrected chi connectivity index (χ3v) is 3.70. The molecule has 5 N–H and O–H groups in total. The maximum absolute atomic E-state index is 11.6. The summed E-state index contributed by atoms with van der Waals surface area (Å²) in [5.41, 5.74) is 14.4. The molecule has 0 radical (unpaired) electrons. The Morgan fingerprint density at radius 1 is 1.16 bits per heavy atom. The minimum atomic E-state index is -0.121. The monoisotopic (exact) mass is 338 g/mol. The third kappa shape index (κ3) is 3.39. The molecular weight excluding hydrogens is 320 g/mol. The molecule has 3 aromatic rings. The van der Waals surface area contributed by atoms with E-state index in [4.69, 9.17) is 11.5 Å². The lowest BCUT2D eigenvalue weighted by Gasteiger charge is -2.19. The molecule has 9 nitrogen and oxygen atoms in total. The summed E-state index contributed by atoms with van der Waals surface area (Å²) in [6.07, 6.45) is 1.63. The van der Waals surface area contributed by atoms with Gasteiger partial charge in [-0.25, -0.2) is 9.97 Å². The van der Waals surface area contributed by atoms with Crippen molar-refractivity contribution in [3.05, 3.63) is 41.7 Å². The van der Waals surface area contributed by atoms with Crippen molar-refractivity contribution in [1.82, 2.24) is 25.3 Å². The summed E-state index contributed by atoms with van der Waals surface area (Å²) in [6.45, 7) is 0.506. The van der Waals surface area contributed by atoms with E-state index in [0.717, 1.165) is 5.69 Å². The molecule has 2 heterocycles. The molecule has 0 aliphatic rings. The fourth-order valence-electron chi connectivity index (χ4n) is 2.40. The molecule has 0 aliphatic heterocycles. The fraction of sp³-hybridized carbons (Fsp3) is 0.188. The number of hydrogen-bond donors (Lipinski definition) is 3. The number of hydrogen-bond acceptors (Lipinski definition) is 8. The lowest BCUT2D eigenvalue weighted by Crippen LogP contribution is -2.19. The molecule has 0 atom stereocenters. The van der Waals surface area contributed by atoms with Crippen LogP contribution in [0.5, 0.6) is 0 Å². The number of anilines is 3. The van der Waals surface area contributed by atoms with Crippen molar-refractivity contribution in [3.63, 3.8) is 0 Å². The van der Waals surface area contributed by atoms with Crippen LogP contribution in [0.25, 0.3) is 11.2 Å². The van der Waals surface area contributed by atoms with E-state index in [2.05, 4.69) is 25.3 Å². The van der Waals surface area contributed by atoms with Crippen LogP contribution in [0.1, 0.15) is 16.1 Å². The van der Waals surface area contributed by atoms with Crippen LogP contribution in [0, 0.1) is 0 Å². The molecule has 0 saturated carbocycles. The second kappa shape index (κ2) is 6.56. The van der Waals surface area contributed by atoms with Gasteiger partial charge in [-0.2, -0.15) is 9.97 Å². The summed E-state index contributed by atoms with van der Waals surface area (Å²) < 4.78 is 0. The van der Waals surface area contributed by atoms with Crippen molar-refractivity contribution in [2.75, 3.05) is 30.5 Å². The zero-order valence-corrected chi connectivity index (χ0v) is 13.9. The second-order valence-electron chi connectivity index (χ2n) is 5.48. The number of carbonyl (C=O) groups excluding carboxylic acids is 1. The zero-order valence-electron chi connectivity index (χ0n) is 13.9. The highest BCUT2D eigenvalue weighted by Crippen LogP contribution is 2.18. The summed E-state index contributed by atoms with van der Waals surface area (Å²) in [4.78, 5) is 30.2. The summed E-state index contributed by atoms with van der Waals surface area (Å²) in [7, 11) is 3.52. The minimum Gasteiger partial charge on any atom is -0.382 e. The summed E-state index contributed by atoms with van der Waals surface area (Å²) in [5.74, 6) is 0.152. The number of nitrogens with two attached hydrogens (primary N) is 2. The first-order chi connectivity index (χ1) is 12.0. The first-order valence-electron chi connectivity index (χ1n) is 7.56. The van der Waals surface area contributed by atoms with E-state index < -0.39 is 0 Å². The molecule has 0 aliphatic carbocycles.